The van der Waals surface area contributed by atoms with Crippen LogP contribution < -0.4 is 15.2 Å². The van der Waals surface area contributed by atoms with Crippen LogP contribution >= 0.6 is 0 Å². The Labute approximate surface area is 246 Å². The summed E-state index contributed by atoms with van der Waals surface area (Å²) in [5, 5.41) is 5.62. The molecular formula is C32H38N6O4. The average molecular weight is 571 g/mol. The first-order valence-corrected chi connectivity index (χ1v) is 14.0. The van der Waals surface area contributed by atoms with Gasteiger partial charge in [-0.1, -0.05) is 37.0 Å². The molecule has 3 aromatic rings. The van der Waals surface area contributed by atoms with Gasteiger partial charge in [0.05, 0.1) is 25.6 Å². The van der Waals surface area contributed by atoms with E-state index < -0.39 is 0 Å². The lowest BCUT2D eigenvalue weighted by atomic mass is 10.0. The largest absolute Gasteiger partial charge is 0.493 e. The summed E-state index contributed by atoms with van der Waals surface area (Å²) in [5.74, 6) is 1.61. The Hall–Kier alpha value is -4.73. The van der Waals surface area contributed by atoms with E-state index in [1.54, 1.807) is 32.4 Å². The molecule has 1 fully saturated rings. The number of rotatable bonds is 12. The van der Waals surface area contributed by atoms with Crippen LogP contribution in [0.2, 0.25) is 0 Å². The molecule has 10 nitrogen and oxygen atoms in total. The van der Waals surface area contributed by atoms with Gasteiger partial charge in [-0.2, -0.15) is 5.10 Å². The van der Waals surface area contributed by atoms with E-state index in [0.717, 1.165) is 24.0 Å². The monoisotopic (exact) mass is 570 g/mol. The van der Waals surface area contributed by atoms with Gasteiger partial charge in [0.1, 0.15) is 17.8 Å². The van der Waals surface area contributed by atoms with Crippen LogP contribution in [0.4, 0.5) is 5.82 Å². The normalized spacial score (nSPS) is 14.6. The molecule has 0 unspecified atom stereocenters. The molecular weight excluding hydrogens is 532 g/mol. The zero-order chi connectivity index (χ0) is 30.1. The average Bonchev–Trinajstić information content (AvgIpc) is 3.40. The third kappa shape index (κ3) is 6.94. The first-order valence-electron chi connectivity index (χ1n) is 14.0. The Balaban J connectivity index is 1.40. The molecule has 0 bridgehead atoms. The van der Waals surface area contributed by atoms with Gasteiger partial charge in [0.15, 0.2) is 22.9 Å². The van der Waals surface area contributed by atoms with E-state index in [0.29, 0.717) is 66.4 Å². The zero-order valence-corrected chi connectivity index (χ0v) is 24.5. The third-order valence-corrected chi connectivity index (χ3v) is 7.28. The number of piperidine rings is 1. The smallest absolute Gasteiger partial charge is 0.222 e. The van der Waals surface area contributed by atoms with E-state index in [1.165, 1.54) is 6.33 Å². The lowest BCUT2D eigenvalue weighted by Gasteiger charge is -2.32. The van der Waals surface area contributed by atoms with Crippen LogP contribution in [0.3, 0.4) is 0 Å². The van der Waals surface area contributed by atoms with Crippen molar-refractivity contribution in [1.29, 1.82) is 0 Å². The predicted molar refractivity (Wildman–Crippen MR) is 164 cm³/mol. The van der Waals surface area contributed by atoms with Crippen LogP contribution in [0.5, 0.6) is 11.5 Å². The minimum absolute atomic E-state index is 0.00178. The van der Waals surface area contributed by atoms with Crippen LogP contribution in [0.25, 0.3) is 22.3 Å². The highest BCUT2D eigenvalue weighted by Crippen LogP contribution is 2.37. The molecule has 4 rings (SSSR count). The topological polar surface area (TPSA) is 125 Å². The number of hydrogen-bond acceptors (Lipinski definition) is 8. The summed E-state index contributed by atoms with van der Waals surface area (Å²) in [6, 6.07) is 5.63. The summed E-state index contributed by atoms with van der Waals surface area (Å²) in [5.41, 5.74) is 9.33. The molecule has 1 saturated heterocycles. The number of nitrogen functional groups attached to an aromatic ring is 1. The Kier molecular flexibility index (Phi) is 10.3. The van der Waals surface area contributed by atoms with Gasteiger partial charge in [-0.25, -0.2) is 14.6 Å². The second-order valence-electron chi connectivity index (χ2n) is 9.99. The molecule has 2 aromatic heterocycles. The fourth-order valence-electron chi connectivity index (χ4n) is 5.14. The number of benzene rings is 1. The number of anilines is 1. The van der Waals surface area contributed by atoms with Crippen molar-refractivity contribution in [1.82, 2.24) is 24.6 Å². The number of methoxy groups -OCH3 is 2. The van der Waals surface area contributed by atoms with Crippen molar-refractivity contribution >= 4 is 28.5 Å². The third-order valence-electron chi connectivity index (χ3n) is 7.28. The van der Waals surface area contributed by atoms with Crippen LogP contribution in [-0.4, -0.2) is 63.6 Å². The summed E-state index contributed by atoms with van der Waals surface area (Å²) < 4.78 is 12.8. The van der Waals surface area contributed by atoms with Gasteiger partial charge in [0.2, 0.25) is 5.91 Å². The number of nitrogens with two attached hydrogens (primary N) is 1. The second-order valence-corrected chi connectivity index (χ2v) is 9.99. The quantitative estimate of drug-likeness (QED) is 0.231. The highest BCUT2D eigenvalue weighted by molar-refractivity contribution is 5.98. The molecule has 1 aliphatic heterocycles. The number of nitrogens with zero attached hydrogens (tertiary/aromatic N) is 5. The number of ether oxygens (including phenoxy) is 2. The number of amides is 1. The molecule has 0 saturated carbocycles. The van der Waals surface area contributed by atoms with E-state index in [-0.39, 0.29) is 17.7 Å². The minimum Gasteiger partial charge on any atom is -0.493 e. The molecule has 0 aliphatic carbocycles. The molecule has 1 aliphatic rings. The van der Waals surface area contributed by atoms with Crippen molar-refractivity contribution in [2.24, 2.45) is 0 Å². The lowest BCUT2D eigenvalue weighted by molar-refractivity contribution is -0.132. The van der Waals surface area contributed by atoms with E-state index >= 15 is 0 Å². The maximum Gasteiger partial charge on any atom is 0.222 e. The van der Waals surface area contributed by atoms with E-state index in [4.69, 9.17) is 20.3 Å². The number of ketones is 1. The summed E-state index contributed by atoms with van der Waals surface area (Å²) in [6.45, 7) is 6.81. The highest BCUT2D eigenvalue weighted by atomic mass is 16.5. The SMILES string of the molecule is C=C/C=C(\C=C/C)/C=C/C(=O)CCCC(=O)N1CCC(n2nc(-c3ccc(OC)c(OC)c3)c3c(N)ncnc32)CC1. The fraction of sp³-hybridized carbons (Fsp3) is 0.344. The number of hydrogen-bond donors (Lipinski definition) is 1. The van der Waals surface area contributed by atoms with Gasteiger partial charge in [-0.15, -0.1) is 0 Å². The number of carbonyl (C=O) groups excluding carboxylic acids is 2. The molecule has 0 radical (unpaired) electrons. The Bertz CT molecular complexity index is 1530. The van der Waals surface area contributed by atoms with Gasteiger partial charge < -0.3 is 20.1 Å². The lowest BCUT2D eigenvalue weighted by Crippen LogP contribution is -2.39. The van der Waals surface area contributed by atoms with E-state index in [2.05, 4.69) is 16.5 Å². The maximum absolute atomic E-state index is 12.9. The highest BCUT2D eigenvalue weighted by Gasteiger charge is 2.28. The Morgan fingerprint density at radius 3 is 2.52 bits per heavy atom. The molecule has 42 heavy (non-hydrogen) atoms. The molecule has 0 atom stereocenters. The van der Waals surface area contributed by atoms with Crippen LogP contribution in [0.1, 0.15) is 45.1 Å². The van der Waals surface area contributed by atoms with E-state index in [9.17, 15) is 9.59 Å². The molecule has 1 amide bonds. The number of likely N-dealkylation sites (tertiary alicyclic amines) is 1. The number of aromatic nitrogens is 4. The fourth-order valence-corrected chi connectivity index (χ4v) is 5.14. The maximum atomic E-state index is 12.9. The molecule has 3 heterocycles. The molecule has 1 aromatic carbocycles. The summed E-state index contributed by atoms with van der Waals surface area (Å²) >= 11 is 0. The Morgan fingerprint density at radius 2 is 1.83 bits per heavy atom. The van der Waals surface area contributed by atoms with Crippen molar-refractivity contribution in [3.8, 4) is 22.8 Å². The summed E-state index contributed by atoms with van der Waals surface area (Å²) in [6.07, 6.45) is 14.7. The van der Waals surface area contributed by atoms with E-state index in [1.807, 2.05) is 52.9 Å². The standard InChI is InChI=1S/C32H38N6O4/c1-5-8-22(9-6-2)12-14-25(39)10-7-11-28(40)37-18-16-24(17-19-37)38-32-29(31(33)34-21-35-32)30(36-38)23-13-15-26(41-3)27(20-23)42-4/h5-6,8-9,12-15,20-21,24H,1,7,10-11,16-19H2,2-4H3,(H2,33,34,35)/b9-6-,14-12+,22-8+. The molecule has 2 N–H and O–H groups in total. The van der Waals surface area contributed by atoms with Crippen molar-refractivity contribution in [3.63, 3.8) is 0 Å². The first kappa shape index (κ1) is 30.2. The zero-order valence-electron chi connectivity index (χ0n) is 24.5. The number of allylic oxidation sites excluding steroid dienone is 7. The number of fused-ring (bicyclic) bond motifs is 1. The van der Waals surface area contributed by atoms with Crippen LogP contribution in [0.15, 0.2) is 73.1 Å². The molecule has 0 spiro atoms. The Morgan fingerprint density at radius 1 is 1.07 bits per heavy atom. The number of carbonyl (C=O) groups is 2. The first-order chi connectivity index (χ1) is 20.4. The second kappa shape index (κ2) is 14.2. The molecule has 220 valence electrons. The van der Waals surface area contributed by atoms with Crippen molar-refractivity contribution < 1.29 is 19.1 Å². The summed E-state index contributed by atoms with van der Waals surface area (Å²) in [4.78, 5) is 35.8. The van der Waals surface area contributed by atoms with Gasteiger partial charge in [0, 0.05) is 31.5 Å². The summed E-state index contributed by atoms with van der Waals surface area (Å²) in [7, 11) is 3.18. The van der Waals surface area contributed by atoms with Crippen molar-refractivity contribution in [2.45, 2.75) is 45.1 Å². The van der Waals surface area contributed by atoms with Crippen molar-refractivity contribution in [3.05, 3.63) is 73.1 Å². The van der Waals surface area contributed by atoms with Crippen LogP contribution in [0, 0.1) is 0 Å². The van der Waals surface area contributed by atoms with Crippen molar-refractivity contribution in [2.75, 3.05) is 33.0 Å². The minimum atomic E-state index is -0.00178. The van der Waals surface area contributed by atoms with Gasteiger partial charge in [-0.3, -0.25) is 9.59 Å². The van der Waals surface area contributed by atoms with Gasteiger partial charge in [-0.05, 0) is 56.0 Å². The van der Waals surface area contributed by atoms with Gasteiger partial charge >= 0.3 is 0 Å². The van der Waals surface area contributed by atoms with Gasteiger partial charge in [0.25, 0.3) is 0 Å². The van der Waals surface area contributed by atoms with Crippen LogP contribution in [-0.2, 0) is 9.59 Å². The predicted octanol–water partition coefficient (Wildman–Crippen LogP) is 5.24. The molecule has 10 heteroatoms.